The molecular weight excluding hydrogens is 300 g/mol. The van der Waals surface area contributed by atoms with Gasteiger partial charge in [-0.1, -0.05) is 31.9 Å². The van der Waals surface area contributed by atoms with Gasteiger partial charge in [0.1, 0.15) is 27.0 Å². The smallest absolute Gasteiger partial charge is 0.213 e. The lowest BCUT2D eigenvalue weighted by atomic mass is 10.2. The molecule has 0 atom stereocenters. The number of unbranched alkanes of at least 4 members (excludes halogenated alkanes) is 2. The number of fused-ring (bicyclic) bond motifs is 2. The third kappa shape index (κ3) is 2.68. The van der Waals surface area contributed by atoms with Crippen molar-refractivity contribution < 1.29 is 17.9 Å². The highest BCUT2D eigenvalue weighted by atomic mass is 32.2. The second-order valence-corrected chi connectivity index (χ2v) is 7.10. The largest absolute Gasteiger partial charge is 0.493 e. The maximum Gasteiger partial charge on any atom is 0.213 e. The van der Waals surface area contributed by atoms with Crippen molar-refractivity contribution in [3.8, 4) is 17.2 Å². The van der Waals surface area contributed by atoms with Crippen molar-refractivity contribution in [1.82, 2.24) is 0 Å². The van der Waals surface area contributed by atoms with Gasteiger partial charge in [-0.3, -0.25) is 0 Å². The van der Waals surface area contributed by atoms with Crippen LogP contribution in [0, 0.1) is 0 Å². The van der Waals surface area contributed by atoms with Gasteiger partial charge in [0.05, 0.1) is 6.61 Å². The van der Waals surface area contributed by atoms with Crippen LogP contribution in [0.4, 0.5) is 0 Å². The normalized spacial score (nSPS) is 14.6. The zero-order chi connectivity index (χ0) is 15.6. The average Bonchev–Trinajstić information content (AvgIpc) is 2.51. The lowest BCUT2D eigenvalue weighted by Crippen LogP contribution is -2.11. The highest BCUT2D eigenvalue weighted by molar-refractivity contribution is 7.91. The van der Waals surface area contributed by atoms with Crippen molar-refractivity contribution in [3.63, 3.8) is 0 Å². The number of hydrogen-bond acceptors (Lipinski definition) is 4. The van der Waals surface area contributed by atoms with Crippen molar-refractivity contribution in [2.45, 2.75) is 36.0 Å². The van der Waals surface area contributed by atoms with E-state index >= 15 is 0 Å². The topological polar surface area (TPSA) is 52.6 Å². The number of ether oxygens (including phenoxy) is 2. The van der Waals surface area contributed by atoms with Gasteiger partial charge >= 0.3 is 0 Å². The van der Waals surface area contributed by atoms with E-state index in [4.69, 9.17) is 9.47 Å². The first-order valence-corrected chi connectivity index (χ1v) is 8.90. The summed E-state index contributed by atoms with van der Waals surface area (Å²) in [5.41, 5.74) is 0. The fourth-order valence-corrected chi connectivity index (χ4v) is 3.90. The molecule has 3 rings (SSSR count). The van der Waals surface area contributed by atoms with Gasteiger partial charge in [-0.05, 0) is 30.7 Å². The van der Waals surface area contributed by atoms with Crippen LogP contribution in [0.5, 0.6) is 17.2 Å². The van der Waals surface area contributed by atoms with Crippen LogP contribution in [0.2, 0.25) is 0 Å². The number of para-hydroxylation sites is 1. The Hall–Kier alpha value is -2.01. The van der Waals surface area contributed by atoms with E-state index in [0.717, 1.165) is 19.3 Å². The fraction of sp³-hybridized carbons (Fsp3) is 0.294. The Balaban J connectivity index is 1.89. The molecule has 116 valence electrons. The summed E-state index contributed by atoms with van der Waals surface area (Å²) in [6, 6.07) is 11.5. The molecule has 1 aliphatic rings. The van der Waals surface area contributed by atoms with Gasteiger partial charge in [-0.2, -0.15) is 0 Å². The second-order valence-electron chi connectivity index (χ2n) is 5.22. The van der Waals surface area contributed by atoms with Crippen LogP contribution >= 0.6 is 0 Å². The van der Waals surface area contributed by atoms with E-state index in [-0.39, 0.29) is 9.79 Å². The summed E-state index contributed by atoms with van der Waals surface area (Å²) in [4.78, 5) is 0.395. The maximum absolute atomic E-state index is 12.6. The van der Waals surface area contributed by atoms with Crippen LogP contribution in [0.1, 0.15) is 26.2 Å². The first-order chi connectivity index (χ1) is 10.6. The van der Waals surface area contributed by atoms with Gasteiger partial charge in [-0.15, -0.1) is 0 Å². The van der Waals surface area contributed by atoms with E-state index in [0.29, 0.717) is 23.9 Å². The van der Waals surface area contributed by atoms with Crippen LogP contribution in [-0.4, -0.2) is 15.0 Å². The van der Waals surface area contributed by atoms with Crippen LogP contribution in [-0.2, 0) is 9.84 Å². The van der Waals surface area contributed by atoms with E-state index in [1.54, 1.807) is 42.5 Å². The lowest BCUT2D eigenvalue weighted by molar-refractivity contribution is 0.304. The Morgan fingerprint density at radius 3 is 2.59 bits per heavy atom. The van der Waals surface area contributed by atoms with E-state index in [1.165, 1.54) is 0 Å². The summed E-state index contributed by atoms with van der Waals surface area (Å²) in [6.07, 6.45) is 3.23. The van der Waals surface area contributed by atoms with E-state index in [2.05, 4.69) is 6.92 Å². The highest BCUT2D eigenvalue weighted by Gasteiger charge is 2.31. The molecular formula is C17H18O4S. The van der Waals surface area contributed by atoms with Crippen molar-refractivity contribution in [3.05, 3.63) is 42.5 Å². The molecule has 1 aliphatic heterocycles. The van der Waals surface area contributed by atoms with Gasteiger partial charge in [0.2, 0.25) is 9.84 Å². The maximum atomic E-state index is 12.6. The third-order valence-electron chi connectivity index (χ3n) is 3.58. The molecule has 0 fully saturated rings. The molecule has 0 aromatic heterocycles. The van der Waals surface area contributed by atoms with E-state index < -0.39 is 9.84 Å². The predicted molar refractivity (Wildman–Crippen MR) is 83.4 cm³/mol. The molecule has 22 heavy (non-hydrogen) atoms. The zero-order valence-electron chi connectivity index (χ0n) is 12.4. The van der Waals surface area contributed by atoms with Crippen molar-refractivity contribution in [2.75, 3.05) is 6.61 Å². The molecule has 0 aliphatic carbocycles. The highest BCUT2D eigenvalue weighted by Crippen LogP contribution is 2.43. The summed E-state index contributed by atoms with van der Waals surface area (Å²) >= 11 is 0. The van der Waals surface area contributed by atoms with Crippen molar-refractivity contribution >= 4 is 9.84 Å². The Morgan fingerprint density at radius 2 is 1.77 bits per heavy atom. The fourth-order valence-electron chi connectivity index (χ4n) is 2.42. The van der Waals surface area contributed by atoms with Gasteiger partial charge in [-0.25, -0.2) is 8.42 Å². The van der Waals surface area contributed by atoms with Crippen LogP contribution < -0.4 is 9.47 Å². The Bertz CT molecular complexity index is 781. The first-order valence-electron chi connectivity index (χ1n) is 7.42. The Labute approximate surface area is 130 Å². The summed E-state index contributed by atoms with van der Waals surface area (Å²) in [5.74, 6) is 1.31. The lowest BCUT2D eigenvalue weighted by Gasteiger charge is -2.20. The molecule has 0 spiro atoms. The summed E-state index contributed by atoms with van der Waals surface area (Å²) in [7, 11) is -3.53. The van der Waals surface area contributed by atoms with Crippen molar-refractivity contribution in [1.29, 1.82) is 0 Å². The minimum Gasteiger partial charge on any atom is -0.493 e. The monoisotopic (exact) mass is 318 g/mol. The number of hydrogen-bond donors (Lipinski definition) is 0. The molecule has 0 amide bonds. The molecule has 2 aromatic rings. The summed E-state index contributed by atoms with van der Waals surface area (Å²) < 4.78 is 36.5. The standard InChI is InChI=1S/C17H18O4S/c1-2-3-6-11-20-13-9-10-17-15(12-13)21-14-7-4-5-8-16(14)22(17,18)19/h4-5,7-10,12H,2-3,6,11H2,1H3. The Kier molecular flexibility index (Phi) is 4.07. The molecule has 5 heteroatoms. The van der Waals surface area contributed by atoms with Crippen molar-refractivity contribution in [2.24, 2.45) is 0 Å². The van der Waals surface area contributed by atoms with Gasteiger partial charge in [0.25, 0.3) is 0 Å². The quantitative estimate of drug-likeness (QED) is 0.662. The molecule has 0 bridgehead atoms. The zero-order valence-corrected chi connectivity index (χ0v) is 13.2. The van der Waals surface area contributed by atoms with E-state index in [1.807, 2.05) is 0 Å². The minimum atomic E-state index is -3.53. The average molecular weight is 318 g/mol. The Morgan fingerprint density at radius 1 is 1.00 bits per heavy atom. The van der Waals surface area contributed by atoms with Crippen LogP contribution in [0.3, 0.4) is 0 Å². The summed E-state index contributed by atoms with van der Waals surface area (Å²) in [5, 5.41) is 0. The number of benzene rings is 2. The first kappa shape index (κ1) is 14.9. The number of sulfone groups is 1. The van der Waals surface area contributed by atoms with Crippen LogP contribution in [0.15, 0.2) is 52.3 Å². The SMILES string of the molecule is CCCCCOc1ccc2c(c1)Oc1ccccc1S2(=O)=O. The molecule has 0 saturated carbocycles. The summed E-state index contributed by atoms with van der Waals surface area (Å²) in [6.45, 7) is 2.75. The molecule has 2 aromatic carbocycles. The van der Waals surface area contributed by atoms with Gasteiger partial charge in [0, 0.05) is 6.07 Å². The molecule has 0 saturated heterocycles. The second kappa shape index (κ2) is 6.01. The molecule has 1 heterocycles. The minimum absolute atomic E-state index is 0.187. The molecule has 4 nitrogen and oxygen atoms in total. The number of rotatable bonds is 5. The van der Waals surface area contributed by atoms with Gasteiger partial charge < -0.3 is 9.47 Å². The molecule has 0 radical (unpaired) electrons. The molecule has 0 unspecified atom stereocenters. The molecule has 0 N–H and O–H groups in total. The van der Waals surface area contributed by atoms with E-state index in [9.17, 15) is 8.42 Å². The predicted octanol–water partition coefficient (Wildman–Crippen LogP) is 4.19. The van der Waals surface area contributed by atoms with Crippen LogP contribution in [0.25, 0.3) is 0 Å². The van der Waals surface area contributed by atoms with Gasteiger partial charge in [0.15, 0.2) is 0 Å². The third-order valence-corrected chi connectivity index (χ3v) is 5.41.